The van der Waals surface area contributed by atoms with Crippen LogP contribution in [-0.2, 0) is 6.42 Å². The first-order valence-electron chi connectivity index (χ1n) is 8.55. The van der Waals surface area contributed by atoms with Crippen LogP contribution in [0, 0.1) is 17.7 Å². The number of hydrogen-bond donors (Lipinski definition) is 0. The molecule has 1 aliphatic rings. The average molecular weight is 296 g/mol. The Morgan fingerprint density at radius 2 is 1.36 bits per heavy atom. The second-order valence-electron chi connectivity index (χ2n) is 6.87. The molecular formula is C21H25F. The van der Waals surface area contributed by atoms with Gasteiger partial charge in [-0.3, -0.25) is 0 Å². The third-order valence-corrected chi connectivity index (χ3v) is 5.11. The van der Waals surface area contributed by atoms with Crippen molar-refractivity contribution in [2.75, 3.05) is 0 Å². The van der Waals surface area contributed by atoms with Crippen LogP contribution in [0.5, 0.6) is 0 Å². The van der Waals surface area contributed by atoms with Gasteiger partial charge in [0.1, 0.15) is 5.82 Å². The van der Waals surface area contributed by atoms with Gasteiger partial charge in [-0.2, -0.15) is 0 Å². The SMILES string of the molecule is CC1CCC(CCc2ccc(-c3ccc(F)cc3)cc2)CC1. The highest BCUT2D eigenvalue weighted by Gasteiger charge is 2.17. The molecule has 0 saturated heterocycles. The summed E-state index contributed by atoms with van der Waals surface area (Å²) in [6.45, 7) is 2.38. The van der Waals surface area contributed by atoms with Gasteiger partial charge in [-0.15, -0.1) is 0 Å². The van der Waals surface area contributed by atoms with Crippen molar-refractivity contribution in [2.45, 2.75) is 45.4 Å². The minimum Gasteiger partial charge on any atom is -0.207 e. The van der Waals surface area contributed by atoms with E-state index in [4.69, 9.17) is 0 Å². The largest absolute Gasteiger partial charge is 0.207 e. The van der Waals surface area contributed by atoms with E-state index in [9.17, 15) is 4.39 Å². The molecule has 0 unspecified atom stereocenters. The van der Waals surface area contributed by atoms with Gasteiger partial charge < -0.3 is 0 Å². The van der Waals surface area contributed by atoms with Crippen LogP contribution in [0.25, 0.3) is 11.1 Å². The summed E-state index contributed by atoms with van der Waals surface area (Å²) in [7, 11) is 0. The van der Waals surface area contributed by atoms with Crippen LogP contribution < -0.4 is 0 Å². The third kappa shape index (κ3) is 3.97. The highest BCUT2D eigenvalue weighted by Crippen LogP contribution is 2.31. The number of aryl methyl sites for hydroxylation is 1. The van der Waals surface area contributed by atoms with Crippen LogP contribution in [0.4, 0.5) is 4.39 Å². The van der Waals surface area contributed by atoms with Gasteiger partial charge in [-0.25, -0.2) is 4.39 Å². The van der Waals surface area contributed by atoms with E-state index >= 15 is 0 Å². The van der Waals surface area contributed by atoms with E-state index in [0.29, 0.717) is 0 Å². The molecule has 1 aliphatic carbocycles. The Morgan fingerprint density at radius 1 is 0.818 bits per heavy atom. The maximum absolute atomic E-state index is 13.0. The number of benzene rings is 2. The summed E-state index contributed by atoms with van der Waals surface area (Å²) in [5.41, 5.74) is 3.66. The standard InChI is InChI=1S/C21H25F/c1-16-2-4-17(5-3-16)6-7-18-8-10-19(11-9-18)20-12-14-21(22)15-13-20/h8-17H,2-7H2,1H3. The topological polar surface area (TPSA) is 0 Å². The zero-order valence-electron chi connectivity index (χ0n) is 13.4. The molecule has 2 aromatic rings. The molecule has 0 radical (unpaired) electrons. The lowest BCUT2D eigenvalue weighted by molar-refractivity contribution is 0.278. The van der Waals surface area contributed by atoms with Crippen molar-refractivity contribution in [2.24, 2.45) is 11.8 Å². The van der Waals surface area contributed by atoms with Crippen molar-refractivity contribution in [1.82, 2.24) is 0 Å². The predicted molar refractivity (Wildman–Crippen MR) is 91.3 cm³/mol. The summed E-state index contributed by atoms with van der Waals surface area (Å²) in [6, 6.07) is 15.5. The summed E-state index contributed by atoms with van der Waals surface area (Å²) in [4.78, 5) is 0. The lowest BCUT2D eigenvalue weighted by atomic mass is 9.80. The Hall–Kier alpha value is -1.63. The molecule has 22 heavy (non-hydrogen) atoms. The van der Waals surface area contributed by atoms with Crippen molar-refractivity contribution in [1.29, 1.82) is 0 Å². The molecule has 0 bridgehead atoms. The molecule has 0 N–H and O–H groups in total. The lowest BCUT2D eigenvalue weighted by Crippen LogP contribution is -2.12. The Kier molecular flexibility index (Phi) is 4.92. The first-order valence-corrected chi connectivity index (χ1v) is 8.55. The predicted octanol–water partition coefficient (Wildman–Crippen LogP) is 6.25. The van der Waals surface area contributed by atoms with E-state index in [1.165, 1.54) is 56.2 Å². The fraction of sp³-hybridized carbons (Fsp3) is 0.429. The zero-order valence-corrected chi connectivity index (χ0v) is 13.4. The second-order valence-corrected chi connectivity index (χ2v) is 6.87. The van der Waals surface area contributed by atoms with Gasteiger partial charge in [0, 0.05) is 0 Å². The van der Waals surface area contributed by atoms with Crippen LogP contribution in [0.3, 0.4) is 0 Å². The highest BCUT2D eigenvalue weighted by molar-refractivity contribution is 5.63. The molecule has 1 heteroatoms. The van der Waals surface area contributed by atoms with E-state index in [1.807, 2.05) is 12.1 Å². The molecule has 0 spiro atoms. The van der Waals surface area contributed by atoms with Gasteiger partial charge in [0.05, 0.1) is 0 Å². The van der Waals surface area contributed by atoms with E-state index in [0.717, 1.165) is 23.0 Å². The van der Waals surface area contributed by atoms with E-state index in [2.05, 4.69) is 31.2 Å². The Morgan fingerprint density at radius 3 is 1.95 bits per heavy atom. The van der Waals surface area contributed by atoms with Crippen molar-refractivity contribution < 1.29 is 4.39 Å². The number of halogens is 1. The molecule has 1 fully saturated rings. The number of rotatable bonds is 4. The van der Waals surface area contributed by atoms with Gasteiger partial charge in [-0.05, 0) is 53.5 Å². The van der Waals surface area contributed by atoms with Crippen molar-refractivity contribution >= 4 is 0 Å². The average Bonchev–Trinajstić information content (AvgIpc) is 2.56. The maximum atomic E-state index is 13.0. The third-order valence-electron chi connectivity index (χ3n) is 5.11. The van der Waals surface area contributed by atoms with Crippen molar-refractivity contribution in [3.8, 4) is 11.1 Å². The first-order chi connectivity index (χ1) is 10.7. The van der Waals surface area contributed by atoms with Gasteiger partial charge in [0.25, 0.3) is 0 Å². The molecule has 0 heterocycles. The number of hydrogen-bond acceptors (Lipinski definition) is 0. The molecule has 2 aromatic carbocycles. The second kappa shape index (κ2) is 7.09. The van der Waals surface area contributed by atoms with E-state index in [-0.39, 0.29) is 5.82 Å². The molecule has 3 rings (SSSR count). The summed E-state index contributed by atoms with van der Waals surface area (Å²) in [5.74, 6) is 1.68. The van der Waals surface area contributed by atoms with Crippen LogP contribution in [0.15, 0.2) is 48.5 Å². The first kappa shape index (κ1) is 15.3. The Balaban J connectivity index is 1.56. The summed E-state index contributed by atoms with van der Waals surface area (Å²) in [5, 5.41) is 0. The molecule has 0 nitrogen and oxygen atoms in total. The molecule has 0 aromatic heterocycles. The summed E-state index contributed by atoms with van der Waals surface area (Å²) in [6.07, 6.45) is 8.15. The van der Waals surface area contributed by atoms with Crippen LogP contribution in [0.1, 0.15) is 44.6 Å². The van der Waals surface area contributed by atoms with Crippen LogP contribution >= 0.6 is 0 Å². The zero-order chi connectivity index (χ0) is 15.4. The summed E-state index contributed by atoms with van der Waals surface area (Å²) >= 11 is 0. The fourth-order valence-electron chi connectivity index (χ4n) is 3.49. The Labute approximate surface area is 133 Å². The van der Waals surface area contributed by atoms with Crippen molar-refractivity contribution in [3.63, 3.8) is 0 Å². The highest BCUT2D eigenvalue weighted by atomic mass is 19.1. The molecule has 0 amide bonds. The van der Waals surface area contributed by atoms with E-state index in [1.54, 1.807) is 0 Å². The van der Waals surface area contributed by atoms with Gasteiger partial charge in [0.2, 0.25) is 0 Å². The maximum Gasteiger partial charge on any atom is 0.123 e. The normalized spacial score (nSPS) is 21.7. The van der Waals surface area contributed by atoms with Crippen LogP contribution in [-0.4, -0.2) is 0 Å². The minimum absolute atomic E-state index is 0.179. The van der Waals surface area contributed by atoms with Gasteiger partial charge >= 0.3 is 0 Å². The fourth-order valence-corrected chi connectivity index (χ4v) is 3.49. The van der Waals surface area contributed by atoms with Crippen LogP contribution in [0.2, 0.25) is 0 Å². The Bertz CT molecular complexity index is 574. The summed E-state index contributed by atoms with van der Waals surface area (Å²) < 4.78 is 13.0. The monoisotopic (exact) mass is 296 g/mol. The molecular weight excluding hydrogens is 271 g/mol. The smallest absolute Gasteiger partial charge is 0.123 e. The van der Waals surface area contributed by atoms with Gasteiger partial charge in [0.15, 0.2) is 0 Å². The van der Waals surface area contributed by atoms with Gasteiger partial charge in [-0.1, -0.05) is 69.0 Å². The molecule has 1 saturated carbocycles. The minimum atomic E-state index is -0.179. The van der Waals surface area contributed by atoms with Crippen molar-refractivity contribution in [3.05, 3.63) is 59.9 Å². The molecule has 0 atom stereocenters. The lowest BCUT2D eigenvalue weighted by Gasteiger charge is -2.26. The van der Waals surface area contributed by atoms with E-state index < -0.39 is 0 Å². The molecule has 116 valence electrons. The quantitative estimate of drug-likeness (QED) is 0.625. The molecule has 0 aliphatic heterocycles.